The molecule has 1 amide bonds. The van der Waals surface area contributed by atoms with Gasteiger partial charge in [0.25, 0.3) is 0 Å². The van der Waals surface area contributed by atoms with E-state index in [9.17, 15) is 9.90 Å². The predicted molar refractivity (Wildman–Crippen MR) is 110 cm³/mol. The van der Waals surface area contributed by atoms with E-state index < -0.39 is 6.09 Å². The van der Waals surface area contributed by atoms with Gasteiger partial charge in [0.2, 0.25) is 0 Å². The largest absolute Gasteiger partial charge is 0.487 e. The lowest BCUT2D eigenvalue weighted by Gasteiger charge is -2.23. The number of amides is 1. The quantitative estimate of drug-likeness (QED) is 0.673. The summed E-state index contributed by atoms with van der Waals surface area (Å²) in [5, 5.41) is 9.64. The van der Waals surface area contributed by atoms with Gasteiger partial charge in [-0.05, 0) is 23.6 Å². The van der Waals surface area contributed by atoms with Crippen LogP contribution in [0.1, 0.15) is 16.7 Å². The molecule has 4 nitrogen and oxygen atoms in total. The summed E-state index contributed by atoms with van der Waals surface area (Å²) in [6.07, 6.45) is -0.392. The van der Waals surface area contributed by atoms with Crippen molar-refractivity contribution < 1.29 is 14.6 Å². The first kappa shape index (κ1) is 18.1. The highest BCUT2D eigenvalue weighted by molar-refractivity contribution is 5.73. The highest BCUT2D eigenvalue weighted by Gasteiger charge is 2.29. The molecule has 1 aliphatic rings. The van der Waals surface area contributed by atoms with Crippen molar-refractivity contribution in [1.29, 1.82) is 0 Å². The first-order valence-electron chi connectivity index (χ1n) is 9.47. The summed E-state index contributed by atoms with van der Waals surface area (Å²) in [6, 6.07) is 24.2. The minimum absolute atomic E-state index is 0.179. The van der Waals surface area contributed by atoms with Crippen molar-refractivity contribution in [2.45, 2.75) is 26.0 Å². The van der Waals surface area contributed by atoms with E-state index in [1.165, 1.54) is 10.5 Å². The molecule has 1 unspecified atom stereocenters. The summed E-state index contributed by atoms with van der Waals surface area (Å²) < 4.78 is 6.24. The topological polar surface area (TPSA) is 49.8 Å². The van der Waals surface area contributed by atoms with E-state index in [0.29, 0.717) is 19.5 Å². The molecule has 0 radical (unpaired) electrons. The monoisotopic (exact) mass is 373 g/mol. The summed E-state index contributed by atoms with van der Waals surface area (Å²) >= 11 is 0. The van der Waals surface area contributed by atoms with Crippen LogP contribution in [0.25, 0.3) is 11.1 Å². The summed E-state index contributed by atoms with van der Waals surface area (Å²) in [7, 11) is 0. The molecule has 0 aromatic heterocycles. The third kappa shape index (κ3) is 3.86. The molecule has 0 saturated carbocycles. The maximum absolute atomic E-state index is 11.8. The number of nitrogens with zero attached hydrogens (tertiary/aromatic N) is 1. The normalized spacial score (nSPS) is 15.0. The van der Waals surface area contributed by atoms with Gasteiger partial charge in [-0.2, -0.15) is 0 Å². The van der Waals surface area contributed by atoms with Crippen molar-refractivity contribution in [3.05, 3.63) is 89.5 Å². The van der Waals surface area contributed by atoms with E-state index >= 15 is 0 Å². The average Bonchev–Trinajstić information content (AvgIpc) is 3.11. The maximum Gasteiger partial charge on any atom is 0.407 e. The maximum atomic E-state index is 11.8. The van der Waals surface area contributed by atoms with Crippen LogP contribution in [0.3, 0.4) is 0 Å². The molecule has 3 aromatic carbocycles. The van der Waals surface area contributed by atoms with Gasteiger partial charge in [0, 0.05) is 18.5 Å². The Morgan fingerprint density at radius 1 is 1.04 bits per heavy atom. The Morgan fingerprint density at radius 3 is 2.50 bits per heavy atom. The second kappa shape index (κ2) is 7.77. The fraction of sp³-hybridized carbons (Fsp3) is 0.208. The number of carboxylic acid groups (broad SMARTS) is 1. The second-order valence-corrected chi connectivity index (χ2v) is 7.25. The fourth-order valence-electron chi connectivity index (χ4n) is 3.66. The van der Waals surface area contributed by atoms with Crippen LogP contribution in [0.15, 0.2) is 72.8 Å². The molecule has 0 bridgehead atoms. The van der Waals surface area contributed by atoms with E-state index in [2.05, 4.69) is 43.3 Å². The highest BCUT2D eigenvalue weighted by atomic mass is 16.5. The van der Waals surface area contributed by atoms with E-state index in [1.807, 2.05) is 36.4 Å². The van der Waals surface area contributed by atoms with Crippen LogP contribution in [-0.4, -0.2) is 28.7 Å². The Bertz CT molecular complexity index is 967. The van der Waals surface area contributed by atoms with E-state index in [-0.39, 0.29) is 6.10 Å². The molecule has 0 aliphatic carbocycles. The van der Waals surface area contributed by atoms with Gasteiger partial charge in [-0.15, -0.1) is 0 Å². The van der Waals surface area contributed by atoms with E-state index in [1.54, 1.807) is 0 Å². The van der Waals surface area contributed by atoms with Crippen molar-refractivity contribution in [3.8, 4) is 16.9 Å². The number of fused-ring (bicyclic) bond motifs is 1. The summed E-state index contributed by atoms with van der Waals surface area (Å²) in [6.45, 7) is 2.77. The highest BCUT2D eigenvalue weighted by Crippen LogP contribution is 2.39. The predicted octanol–water partition coefficient (Wildman–Crippen LogP) is 5.15. The molecule has 1 aliphatic heterocycles. The number of hydrogen-bond acceptors (Lipinski definition) is 2. The fourth-order valence-corrected chi connectivity index (χ4v) is 3.66. The molecule has 28 heavy (non-hydrogen) atoms. The van der Waals surface area contributed by atoms with Crippen molar-refractivity contribution in [1.82, 2.24) is 4.90 Å². The molecule has 4 rings (SSSR count). The number of benzene rings is 3. The summed E-state index contributed by atoms with van der Waals surface area (Å²) in [4.78, 5) is 13.2. The van der Waals surface area contributed by atoms with Crippen LogP contribution in [0.5, 0.6) is 5.75 Å². The first-order chi connectivity index (χ1) is 13.6. The molecule has 1 N–H and O–H groups in total. The van der Waals surface area contributed by atoms with Crippen LogP contribution in [0.4, 0.5) is 4.79 Å². The number of ether oxygens (including phenoxy) is 1. The van der Waals surface area contributed by atoms with Gasteiger partial charge in [-0.3, -0.25) is 0 Å². The Labute approximate surface area is 165 Å². The number of carbonyl (C=O) groups is 1. The third-order valence-electron chi connectivity index (χ3n) is 5.10. The van der Waals surface area contributed by atoms with Crippen LogP contribution < -0.4 is 4.74 Å². The van der Waals surface area contributed by atoms with Gasteiger partial charge >= 0.3 is 6.09 Å². The number of aryl methyl sites for hydroxylation is 1. The lowest BCUT2D eigenvalue weighted by Crippen LogP contribution is -2.37. The zero-order valence-electron chi connectivity index (χ0n) is 15.8. The second-order valence-electron chi connectivity index (χ2n) is 7.25. The first-order valence-corrected chi connectivity index (χ1v) is 9.47. The van der Waals surface area contributed by atoms with Gasteiger partial charge in [-0.25, -0.2) is 4.79 Å². The van der Waals surface area contributed by atoms with Crippen LogP contribution in [0.2, 0.25) is 0 Å². The van der Waals surface area contributed by atoms with Crippen molar-refractivity contribution in [2.24, 2.45) is 0 Å². The van der Waals surface area contributed by atoms with Gasteiger partial charge in [0.1, 0.15) is 11.9 Å². The SMILES string of the molecule is Cc1ccc(-c2cccc3c2OC(CN(Cc2ccccc2)C(=O)O)C3)cc1. The van der Waals surface area contributed by atoms with Crippen molar-refractivity contribution in [2.75, 3.05) is 6.54 Å². The zero-order valence-corrected chi connectivity index (χ0v) is 15.8. The summed E-state index contributed by atoms with van der Waals surface area (Å²) in [5.41, 5.74) is 5.49. The standard InChI is InChI=1S/C24H23NO3/c1-17-10-12-19(13-11-17)22-9-5-8-20-14-21(28-23(20)22)16-25(24(26)27)15-18-6-3-2-4-7-18/h2-13,21H,14-16H2,1H3,(H,26,27). The molecule has 0 saturated heterocycles. The minimum atomic E-state index is -0.929. The molecule has 0 spiro atoms. The lowest BCUT2D eigenvalue weighted by molar-refractivity contribution is 0.113. The Morgan fingerprint density at radius 2 is 1.79 bits per heavy atom. The lowest BCUT2D eigenvalue weighted by atomic mass is 10.00. The minimum Gasteiger partial charge on any atom is -0.487 e. The van der Waals surface area contributed by atoms with Crippen molar-refractivity contribution >= 4 is 6.09 Å². The average molecular weight is 373 g/mol. The molecule has 1 heterocycles. The number of hydrogen-bond donors (Lipinski definition) is 1. The smallest absolute Gasteiger partial charge is 0.407 e. The van der Waals surface area contributed by atoms with Crippen LogP contribution in [-0.2, 0) is 13.0 Å². The molecular formula is C24H23NO3. The van der Waals surface area contributed by atoms with Gasteiger partial charge < -0.3 is 14.7 Å². The molecule has 142 valence electrons. The zero-order chi connectivity index (χ0) is 19.5. The molecule has 3 aromatic rings. The third-order valence-corrected chi connectivity index (χ3v) is 5.10. The molecule has 1 atom stereocenters. The Kier molecular flexibility index (Phi) is 5.02. The van der Waals surface area contributed by atoms with E-state index in [4.69, 9.17) is 4.74 Å². The molecule has 4 heteroatoms. The van der Waals surface area contributed by atoms with E-state index in [0.717, 1.165) is 28.0 Å². The van der Waals surface area contributed by atoms with Crippen LogP contribution >= 0.6 is 0 Å². The van der Waals surface area contributed by atoms with Gasteiger partial charge in [0.15, 0.2) is 0 Å². The Balaban J connectivity index is 1.52. The number of rotatable bonds is 5. The summed E-state index contributed by atoms with van der Waals surface area (Å²) in [5.74, 6) is 0.876. The van der Waals surface area contributed by atoms with Crippen LogP contribution in [0, 0.1) is 6.92 Å². The molecule has 0 fully saturated rings. The van der Waals surface area contributed by atoms with Gasteiger partial charge in [-0.1, -0.05) is 78.4 Å². The van der Waals surface area contributed by atoms with Crippen molar-refractivity contribution in [3.63, 3.8) is 0 Å². The van der Waals surface area contributed by atoms with Gasteiger partial charge in [0.05, 0.1) is 6.54 Å². The molecular weight excluding hydrogens is 350 g/mol. The Hall–Kier alpha value is -3.27. The number of para-hydroxylation sites is 1.